The van der Waals surface area contributed by atoms with Gasteiger partial charge in [0.05, 0.1) is 0 Å². The molecule has 0 saturated heterocycles. The summed E-state index contributed by atoms with van der Waals surface area (Å²) >= 11 is 0. The fraction of sp³-hybridized carbons (Fsp3) is 0.840. The second-order valence-electron chi connectivity index (χ2n) is 10.3. The summed E-state index contributed by atoms with van der Waals surface area (Å²) in [6, 6.07) is 1.46. The third kappa shape index (κ3) is 3.81. The van der Waals surface area contributed by atoms with Crippen molar-refractivity contribution >= 4 is 0 Å². The Hall–Kier alpha value is -0.600. The third-order valence-corrected chi connectivity index (χ3v) is 8.91. The summed E-state index contributed by atoms with van der Waals surface area (Å²) in [5, 5.41) is 7.94. The van der Waals surface area contributed by atoms with Crippen molar-refractivity contribution < 1.29 is 0 Å². The van der Waals surface area contributed by atoms with Gasteiger partial charge in [-0.15, -0.1) is 0 Å². The van der Waals surface area contributed by atoms with Crippen molar-refractivity contribution in [2.75, 3.05) is 13.1 Å². The van der Waals surface area contributed by atoms with E-state index in [9.17, 15) is 0 Å². The van der Waals surface area contributed by atoms with Crippen LogP contribution in [0.3, 0.4) is 0 Å². The van der Waals surface area contributed by atoms with Crippen molar-refractivity contribution in [2.45, 2.75) is 82.7 Å². The van der Waals surface area contributed by atoms with Crippen LogP contribution in [0.4, 0.5) is 0 Å². The highest BCUT2D eigenvalue weighted by Crippen LogP contribution is 2.48. The standard InChI is InChI=1S/C25H40N2/c1-3-10-20-18(8-1)16-24-22(20)12-5-6-13-23-21-11-4-2-9-19(21)17-25(23)27-15-7-14-26-24/h5-6,12-13,18-27H,1-4,7-11,14-17H2/t18-,19-,20+,21+,22-,23-,24-,25+/m0/s1. The largest absolute Gasteiger partial charge is 0.313 e. The summed E-state index contributed by atoms with van der Waals surface area (Å²) in [4.78, 5) is 0. The Morgan fingerprint density at radius 3 is 1.56 bits per heavy atom. The Bertz CT molecular complexity index is 505. The van der Waals surface area contributed by atoms with Gasteiger partial charge in [-0.25, -0.2) is 0 Å². The van der Waals surface area contributed by atoms with Crippen LogP contribution in [-0.2, 0) is 0 Å². The number of allylic oxidation sites excluding steroid dienone is 2. The van der Waals surface area contributed by atoms with Gasteiger partial charge in [-0.2, -0.15) is 0 Å². The van der Waals surface area contributed by atoms with Crippen molar-refractivity contribution in [3.63, 3.8) is 0 Å². The van der Waals surface area contributed by atoms with E-state index < -0.39 is 0 Å². The van der Waals surface area contributed by atoms with Gasteiger partial charge in [0.1, 0.15) is 0 Å². The molecule has 4 fully saturated rings. The molecule has 8 atom stereocenters. The normalized spacial score (nSPS) is 47.7. The van der Waals surface area contributed by atoms with Crippen LogP contribution < -0.4 is 10.6 Å². The molecule has 4 saturated carbocycles. The Morgan fingerprint density at radius 2 is 1.04 bits per heavy atom. The van der Waals surface area contributed by atoms with E-state index in [0.29, 0.717) is 0 Å². The molecule has 0 radical (unpaired) electrons. The molecule has 0 unspecified atom stereocenters. The summed E-state index contributed by atoms with van der Waals surface area (Å²) in [5.74, 6) is 5.43. The molecule has 150 valence electrons. The molecule has 4 aliphatic carbocycles. The molecule has 0 aromatic carbocycles. The molecular formula is C25H40N2. The van der Waals surface area contributed by atoms with Crippen LogP contribution in [0.1, 0.15) is 70.6 Å². The van der Waals surface area contributed by atoms with Crippen molar-refractivity contribution in [3.05, 3.63) is 24.3 Å². The lowest BCUT2D eigenvalue weighted by atomic mass is 9.77. The van der Waals surface area contributed by atoms with Crippen molar-refractivity contribution in [2.24, 2.45) is 35.5 Å². The van der Waals surface area contributed by atoms with E-state index >= 15 is 0 Å². The molecule has 1 aliphatic heterocycles. The van der Waals surface area contributed by atoms with E-state index in [1.807, 2.05) is 0 Å². The number of hydrogen-bond acceptors (Lipinski definition) is 2. The van der Waals surface area contributed by atoms with Crippen molar-refractivity contribution in [1.82, 2.24) is 10.6 Å². The van der Waals surface area contributed by atoms with Gasteiger partial charge >= 0.3 is 0 Å². The van der Waals surface area contributed by atoms with E-state index in [-0.39, 0.29) is 0 Å². The minimum atomic E-state index is 0.728. The van der Waals surface area contributed by atoms with Gasteiger partial charge in [0.15, 0.2) is 0 Å². The van der Waals surface area contributed by atoms with Crippen LogP contribution in [0.15, 0.2) is 24.3 Å². The molecule has 5 rings (SSSR count). The lowest BCUT2D eigenvalue weighted by Crippen LogP contribution is -2.37. The zero-order valence-electron chi connectivity index (χ0n) is 17.1. The van der Waals surface area contributed by atoms with Crippen LogP contribution >= 0.6 is 0 Å². The predicted octanol–water partition coefficient (Wildman–Crippen LogP) is 5.07. The number of rotatable bonds is 0. The number of hydrogen-bond donors (Lipinski definition) is 2. The van der Waals surface area contributed by atoms with E-state index in [1.54, 1.807) is 0 Å². The lowest BCUT2D eigenvalue weighted by molar-refractivity contribution is 0.247. The van der Waals surface area contributed by atoms with Gasteiger partial charge in [0.2, 0.25) is 0 Å². The van der Waals surface area contributed by atoms with Crippen LogP contribution in [0, 0.1) is 35.5 Å². The molecule has 27 heavy (non-hydrogen) atoms. The highest BCUT2D eigenvalue weighted by molar-refractivity contribution is 5.15. The van der Waals surface area contributed by atoms with Crippen LogP contribution in [-0.4, -0.2) is 25.2 Å². The molecule has 2 nitrogen and oxygen atoms in total. The summed E-state index contributed by atoms with van der Waals surface area (Å²) < 4.78 is 0. The summed E-state index contributed by atoms with van der Waals surface area (Å²) in [5.41, 5.74) is 0. The van der Waals surface area contributed by atoms with E-state index in [2.05, 4.69) is 34.9 Å². The smallest absolute Gasteiger partial charge is 0.0135 e. The lowest BCUT2D eigenvalue weighted by Gasteiger charge is -2.28. The molecule has 0 aromatic rings. The summed E-state index contributed by atoms with van der Waals surface area (Å²) in [6.45, 7) is 2.39. The Kier molecular flexibility index (Phi) is 5.74. The molecule has 2 N–H and O–H groups in total. The predicted molar refractivity (Wildman–Crippen MR) is 114 cm³/mol. The van der Waals surface area contributed by atoms with Crippen molar-refractivity contribution in [1.29, 1.82) is 0 Å². The van der Waals surface area contributed by atoms with Crippen LogP contribution in [0.2, 0.25) is 0 Å². The van der Waals surface area contributed by atoms with Crippen molar-refractivity contribution in [3.8, 4) is 0 Å². The molecule has 0 amide bonds. The van der Waals surface area contributed by atoms with Gasteiger partial charge in [-0.05, 0) is 80.7 Å². The summed E-state index contributed by atoms with van der Waals surface area (Å²) in [7, 11) is 0. The second-order valence-corrected chi connectivity index (χ2v) is 10.3. The maximum atomic E-state index is 3.97. The summed E-state index contributed by atoms with van der Waals surface area (Å²) in [6.07, 6.45) is 26.0. The number of fused-ring (bicyclic) bond motifs is 6. The monoisotopic (exact) mass is 368 g/mol. The highest BCUT2D eigenvalue weighted by atomic mass is 15.0. The highest BCUT2D eigenvalue weighted by Gasteiger charge is 2.43. The minimum absolute atomic E-state index is 0.728. The molecule has 1 heterocycles. The molecule has 0 spiro atoms. The zero-order chi connectivity index (χ0) is 18.1. The first kappa shape index (κ1) is 18.4. The first-order valence-electron chi connectivity index (χ1n) is 12.2. The van der Waals surface area contributed by atoms with Gasteiger partial charge < -0.3 is 10.6 Å². The quantitative estimate of drug-likeness (QED) is 0.624. The second kappa shape index (κ2) is 8.41. The molecular weight excluding hydrogens is 328 g/mol. The van der Waals surface area contributed by atoms with E-state index in [1.165, 1.54) is 83.7 Å². The van der Waals surface area contributed by atoms with Gasteiger partial charge in [-0.1, -0.05) is 62.8 Å². The molecule has 0 bridgehead atoms. The van der Waals surface area contributed by atoms with Gasteiger partial charge in [-0.3, -0.25) is 0 Å². The Balaban J connectivity index is 1.33. The maximum absolute atomic E-state index is 3.97. The van der Waals surface area contributed by atoms with Crippen LogP contribution in [0.5, 0.6) is 0 Å². The fourth-order valence-electron chi connectivity index (χ4n) is 7.68. The molecule has 0 aromatic heterocycles. The van der Waals surface area contributed by atoms with E-state index in [0.717, 1.165) is 47.6 Å². The average molecular weight is 369 g/mol. The number of nitrogens with one attached hydrogen (secondary N) is 2. The topological polar surface area (TPSA) is 24.1 Å². The zero-order valence-corrected chi connectivity index (χ0v) is 17.1. The Morgan fingerprint density at radius 1 is 0.556 bits per heavy atom. The minimum Gasteiger partial charge on any atom is -0.313 e. The fourth-order valence-corrected chi connectivity index (χ4v) is 7.68. The SMILES string of the molecule is C1=C[C@H]2[C@@H]3CCCC[C@H]3C[C@@H]2NCCCN[C@@H]2C[C@@H]3CCCC[C@H]3[C@@H]2C=C1. The molecule has 5 aliphatic rings. The van der Waals surface area contributed by atoms with Gasteiger partial charge in [0.25, 0.3) is 0 Å². The maximum Gasteiger partial charge on any atom is 0.0135 e. The average Bonchev–Trinajstić information content (AvgIpc) is 3.22. The van der Waals surface area contributed by atoms with Gasteiger partial charge in [0, 0.05) is 12.1 Å². The first-order valence-corrected chi connectivity index (χ1v) is 12.2. The van der Waals surface area contributed by atoms with Crippen LogP contribution in [0.25, 0.3) is 0 Å². The van der Waals surface area contributed by atoms with E-state index in [4.69, 9.17) is 0 Å². The first-order chi connectivity index (χ1) is 13.4. The Labute approximate surface area is 166 Å². The third-order valence-electron chi connectivity index (χ3n) is 8.91. The molecule has 2 heteroatoms.